The Bertz CT molecular complexity index is 262. The van der Waals surface area contributed by atoms with Crippen LogP contribution in [0, 0.1) is 0 Å². The van der Waals surface area contributed by atoms with Crippen molar-refractivity contribution in [3.63, 3.8) is 0 Å². The van der Waals surface area contributed by atoms with Gasteiger partial charge in [0.1, 0.15) is 6.35 Å². The Hall–Kier alpha value is 0.1000. The van der Waals surface area contributed by atoms with Crippen molar-refractivity contribution in [2.75, 3.05) is 25.9 Å². The maximum Gasteiger partial charge on any atom is 0.264 e. The summed E-state index contributed by atoms with van der Waals surface area (Å²) in [6, 6.07) is 0. The lowest BCUT2D eigenvalue weighted by molar-refractivity contribution is 0.326. The maximum absolute atomic E-state index is 11.4. The quantitative estimate of drug-likeness (QED) is 0.503. The van der Waals surface area contributed by atoms with E-state index in [0.717, 1.165) is 6.26 Å². The highest BCUT2D eigenvalue weighted by atomic mass is 32.2. The number of hydrogen-bond acceptors (Lipinski definition) is 5. The van der Waals surface area contributed by atoms with Gasteiger partial charge in [-0.1, -0.05) is 6.92 Å². The fraction of sp³-hybridized carbons (Fsp3) is 1.00. The summed E-state index contributed by atoms with van der Waals surface area (Å²) in [4.78, 5) is 0. The van der Waals surface area contributed by atoms with Crippen LogP contribution in [0.3, 0.4) is 0 Å². The molecule has 0 amide bonds. The molecule has 0 aromatic carbocycles. The molecule has 0 spiro atoms. The zero-order valence-corrected chi connectivity index (χ0v) is 9.02. The van der Waals surface area contributed by atoms with Gasteiger partial charge in [0.25, 0.3) is 10.1 Å². The lowest BCUT2D eigenvalue weighted by atomic mass is 11.0. The second-order valence-electron chi connectivity index (χ2n) is 2.26. The summed E-state index contributed by atoms with van der Waals surface area (Å²) >= 11 is 0. The Balaban J connectivity index is 4.17. The maximum atomic E-state index is 11.4. The van der Waals surface area contributed by atoms with Crippen LogP contribution in [0.4, 0.5) is 0 Å². The average Bonchev–Trinajstić information content (AvgIpc) is 1.99. The molecule has 7 heteroatoms. The zero-order chi connectivity index (χ0) is 9.83. The van der Waals surface area contributed by atoms with Gasteiger partial charge in [-0.25, -0.2) is 0 Å². The van der Waals surface area contributed by atoms with Gasteiger partial charge in [-0.05, 0) is 0 Å². The van der Waals surface area contributed by atoms with E-state index in [4.69, 9.17) is 0 Å². The molecule has 0 fully saturated rings. The largest absolute Gasteiger partial charge is 0.330 e. The summed E-state index contributed by atoms with van der Waals surface area (Å²) in [5.74, 6) is 0. The summed E-state index contributed by atoms with van der Waals surface area (Å²) in [6.45, 7) is 1.65. The molecule has 0 N–H and O–H groups in total. The van der Waals surface area contributed by atoms with Gasteiger partial charge in [-0.3, -0.25) is 8.75 Å². The molecule has 0 aliphatic heterocycles. The second-order valence-corrected chi connectivity index (χ2v) is 6.79. The molecule has 0 aliphatic carbocycles. The van der Waals surface area contributed by atoms with Gasteiger partial charge < -0.3 is 4.52 Å². The zero-order valence-electron chi connectivity index (χ0n) is 7.31. The van der Waals surface area contributed by atoms with Crippen LogP contribution in [0.15, 0.2) is 0 Å². The van der Waals surface area contributed by atoms with Gasteiger partial charge in [-0.15, -0.1) is 0 Å². The van der Waals surface area contributed by atoms with Crippen LogP contribution in [0.2, 0.25) is 0 Å². The van der Waals surface area contributed by atoms with E-state index in [-0.39, 0.29) is 12.5 Å². The first-order valence-electron chi connectivity index (χ1n) is 3.31. The number of hydrogen-bond donors (Lipinski definition) is 0. The van der Waals surface area contributed by atoms with E-state index in [1.54, 1.807) is 6.92 Å². The Labute approximate surface area is 72.6 Å². The molecule has 0 saturated heterocycles. The first kappa shape index (κ1) is 12.1. The summed E-state index contributed by atoms with van der Waals surface area (Å²) in [5, 5.41) is 0. The molecule has 1 unspecified atom stereocenters. The fourth-order valence-corrected chi connectivity index (χ4v) is 2.40. The van der Waals surface area contributed by atoms with Gasteiger partial charge >= 0.3 is 0 Å². The van der Waals surface area contributed by atoms with E-state index in [1.807, 2.05) is 0 Å². The topological polar surface area (TPSA) is 69.7 Å². The van der Waals surface area contributed by atoms with E-state index in [9.17, 15) is 13.0 Å². The highest BCUT2D eigenvalue weighted by Gasteiger charge is 2.21. The van der Waals surface area contributed by atoms with Crippen molar-refractivity contribution in [1.82, 2.24) is 0 Å². The number of rotatable bonds is 5. The standard InChI is InChI=1S/C5H13O5PS/c1-4-11(6,9-2)5-10-12(3,7)8/h4-5H2,1-3H3. The third-order valence-corrected chi connectivity index (χ3v) is 4.15. The normalized spacial score (nSPS) is 17.2. The third-order valence-electron chi connectivity index (χ3n) is 1.28. The van der Waals surface area contributed by atoms with Crippen molar-refractivity contribution in [3.05, 3.63) is 0 Å². The van der Waals surface area contributed by atoms with Crippen LogP contribution < -0.4 is 0 Å². The predicted octanol–water partition coefficient (Wildman–Crippen LogP) is 0.864. The smallest absolute Gasteiger partial charge is 0.264 e. The molecule has 0 heterocycles. The van der Waals surface area contributed by atoms with Crippen molar-refractivity contribution in [1.29, 1.82) is 0 Å². The molecule has 5 nitrogen and oxygen atoms in total. The minimum Gasteiger partial charge on any atom is -0.330 e. The Kier molecular flexibility index (Phi) is 4.40. The first-order chi connectivity index (χ1) is 5.33. The summed E-state index contributed by atoms with van der Waals surface area (Å²) in [7, 11) is -5.13. The van der Waals surface area contributed by atoms with Crippen LogP contribution in [0.1, 0.15) is 6.92 Å². The van der Waals surface area contributed by atoms with Gasteiger partial charge in [0.05, 0.1) is 6.26 Å². The van der Waals surface area contributed by atoms with Gasteiger partial charge in [0.15, 0.2) is 0 Å². The van der Waals surface area contributed by atoms with Crippen molar-refractivity contribution in [2.24, 2.45) is 0 Å². The molecular weight excluding hydrogens is 203 g/mol. The van der Waals surface area contributed by atoms with Crippen LogP contribution in [-0.4, -0.2) is 34.3 Å². The van der Waals surface area contributed by atoms with Crippen LogP contribution in [0.25, 0.3) is 0 Å². The van der Waals surface area contributed by atoms with Crippen LogP contribution in [-0.2, 0) is 23.4 Å². The first-order valence-corrected chi connectivity index (χ1v) is 7.12. The van der Waals surface area contributed by atoms with Gasteiger partial charge in [0, 0.05) is 13.3 Å². The molecule has 0 aromatic heterocycles. The van der Waals surface area contributed by atoms with E-state index in [0.29, 0.717) is 0 Å². The fourth-order valence-electron chi connectivity index (χ4n) is 0.449. The Morgan fingerprint density at radius 1 is 1.42 bits per heavy atom. The van der Waals surface area contributed by atoms with Crippen molar-refractivity contribution in [2.45, 2.75) is 6.92 Å². The van der Waals surface area contributed by atoms with Gasteiger partial charge in [0.2, 0.25) is 7.37 Å². The second kappa shape index (κ2) is 4.37. The molecule has 0 bridgehead atoms. The highest BCUT2D eigenvalue weighted by Crippen LogP contribution is 2.45. The minimum atomic E-state index is -3.53. The van der Waals surface area contributed by atoms with Crippen molar-refractivity contribution < 1.29 is 21.7 Å². The minimum absolute atomic E-state index is 0.263. The van der Waals surface area contributed by atoms with Crippen molar-refractivity contribution in [3.8, 4) is 0 Å². The lowest BCUT2D eigenvalue weighted by Gasteiger charge is -2.12. The molecule has 0 rings (SSSR count). The van der Waals surface area contributed by atoms with E-state index < -0.39 is 17.5 Å². The molecule has 12 heavy (non-hydrogen) atoms. The van der Waals surface area contributed by atoms with Crippen LogP contribution in [0.5, 0.6) is 0 Å². The highest BCUT2D eigenvalue weighted by molar-refractivity contribution is 7.86. The third kappa shape index (κ3) is 4.87. The molecule has 1 atom stereocenters. The molecule has 0 aromatic rings. The molecule has 0 saturated carbocycles. The molecule has 74 valence electrons. The monoisotopic (exact) mass is 216 g/mol. The predicted molar refractivity (Wildman–Crippen MR) is 46.0 cm³/mol. The van der Waals surface area contributed by atoms with Crippen LogP contribution >= 0.6 is 7.37 Å². The molecule has 0 radical (unpaired) electrons. The van der Waals surface area contributed by atoms with E-state index in [2.05, 4.69) is 8.71 Å². The summed E-state index contributed by atoms with van der Waals surface area (Å²) in [6.07, 6.45) is 0.792. The summed E-state index contributed by atoms with van der Waals surface area (Å²) < 4.78 is 41.4. The lowest BCUT2D eigenvalue weighted by Crippen LogP contribution is -2.06. The van der Waals surface area contributed by atoms with Crippen molar-refractivity contribution >= 4 is 17.5 Å². The van der Waals surface area contributed by atoms with E-state index in [1.165, 1.54) is 7.11 Å². The molecular formula is C5H13O5PS. The average molecular weight is 216 g/mol. The SMILES string of the molecule is CCP(=O)(COS(C)(=O)=O)OC. The summed E-state index contributed by atoms with van der Waals surface area (Å²) in [5.41, 5.74) is 0. The Morgan fingerprint density at radius 2 is 1.92 bits per heavy atom. The Morgan fingerprint density at radius 3 is 2.17 bits per heavy atom. The van der Waals surface area contributed by atoms with E-state index >= 15 is 0 Å². The molecule has 0 aliphatic rings. The van der Waals surface area contributed by atoms with Gasteiger partial charge in [-0.2, -0.15) is 8.42 Å².